The summed E-state index contributed by atoms with van der Waals surface area (Å²) in [5, 5.41) is 2.78. The lowest BCUT2D eigenvalue weighted by atomic mass is 10.1. The minimum absolute atomic E-state index is 0.0204. The smallest absolute Gasteiger partial charge is 0.228 e. The van der Waals surface area contributed by atoms with Crippen molar-refractivity contribution in [3.05, 3.63) is 54.4 Å². The fourth-order valence-corrected chi connectivity index (χ4v) is 3.64. The molecule has 1 aromatic carbocycles. The maximum atomic E-state index is 13.7. The SMILES string of the molecule is O=C(Nc1ccccc1F)C1C2CCC=CCCC=CCCC21. The number of nitrogens with one attached hydrogen (secondary N) is 1. The molecular weight excluding hydrogens is 289 g/mol. The van der Waals surface area contributed by atoms with Crippen molar-refractivity contribution in [3.8, 4) is 0 Å². The summed E-state index contributed by atoms with van der Waals surface area (Å²) in [6.07, 6.45) is 15.3. The van der Waals surface area contributed by atoms with Crippen LogP contribution in [0.4, 0.5) is 10.1 Å². The van der Waals surface area contributed by atoms with Gasteiger partial charge >= 0.3 is 0 Å². The van der Waals surface area contributed by atoms with E-state index in [1.165, 1.54) is 6.07 Å². The number of hydrogen-bond acceptors (Lipinski definition) is 1. The molecule has 1 aromatic rings. The average Bonchev–Trinajstić information content (AvgIpc) is 3.22. The van der Waals surface area contributed by atoms with E-state index in [9.17, 15) is 9.18 Å². The average molecular weight is 313 g/mol. The molecule has 3 rings (SSSR count). The second-order valence-electron chi connectivity index (χ2n) is 6.50. The summed E-state index contributed by atoms with van der Waals surface area (Å²) in [7, 11) is 0. The van der Waals surface area contributed by atoms with Gasteiger partial charge in [0.2, 0.25) is 5.91 Å². The van der Waals surface area contributed by atoms with Crippen LogP contribution in [0.1, 0.15) is 38.5 Å². The summed E-state index contributed by atoms with van der Waals surface area (Å²) in [6, 6.07) is 6.37. The zero-order valence-corrected chi connectivity index (χ0v) is 13.4. The lowest BCUT2D eigenvalue weighted by molar-refractivity contribution is -0.117. The minimum atomic E-state index is -0.369. The van der Waals surface area contributed by atoms with Crippen LogP contribution >= 0.6 is 0 Å². The van der Waals surface area contributed by atoms with Gasteiger partial charge in [0.05, 0.1) is 5.69 Å². The molecule has 2 aliphatic rings. The molecule has 2 unspecified atom stereocenters. The van der Waals surface area contributed by atoms with Gasteiger partial charge in [0.25, 0.3) is 0 Å². The molecule has 2 atom stereocenters. The van der Waals surface area contributed by atoms with Crippen LogP contribution in [0.2, 0.25) is 0 Å². The van der Waals surface area contributed by atoms with E-state index in [1.807, 2.05) is 0 Å². The number of halogens is 1. The number of hydrogen-bond donors (Lipinski definition) is 1. The monoisotopic (exact) mass is 313 g/mol. The van der Waals surface area contributed by atoms with Gasteiger partial charge < -0.3 is 5.32 Å². The number of carbonyl (C=O) groups excluding carboxylic acids is 1. The van der Waals surface area contributed by atoms with E-state index >= 15 is 0 Å². The third-order valence-corrected chi connectivity index (χ3v) is 4.93. The highest BCUT2D eigenvalue weighted by Gasteiger charge is 2.52. The molecule has 23 heavy (non-hydrogen) atoms. The summed E-state index contributed by atoms with van der Waals surface area (Å²) in [4.78, 5) is 12.5. The lowest BCUT2D eigenvalue weighted by Crippen LogP contribution is -2.16. The Morgan fingerprint density at radius 2 is 1.48 bits per heavy atom. The van der Waals surface area contributed by atoms with E-state index in [1.54, 1.807) is 18.2 Å². The molecule has 122 valence electrons. The third kappa shape index (κ3) is 4.10. The second kappa shape index (κ2) is 7.58. The largest absolute Gasteiger partial charge is 0.323 e. The van der Waals surface area contributed by atoms with Gasteiger partial charge in [0.15, 0.2) is 0 Å². The number of para-hydroxylation sites is 1. The Labute approximate surface area is 137 Å². The molecular formula is C20H24FNO. The summed E-state index contributed by atoms with van der Waals surface area (Å²) < 4.78 is 13.7. The summed E-state index contributed by atoms with van der Waals surface area (Å²) in [5.41, 5.74) is 0.291. The first-order chi connectivity index (χ1) is 11.3. The number of fused-ring (bicyclic) bond motifs is 1. The van der Waals surface area contributed by atoms with Crippen LogP contribution in [0.15, 0.2) is 48.6 Å². The number of rotatable bonds is 2. The minimum Gasteiger partial charge on any atom is -0.323 e. The standard InChI is InChI=1S/C20H24FNO/c21-17-13-9-10-14-18(17)22-20(23)19-15-11-7-5-3-1-2-4-6-8-12-16(15)19/h3-6,9-10,13-16,19H,1-2,7-8,11-12H2,(H,22,23). The van der Waals surface area contributed by atoms with Gasteiger partial charge in [0, 0.05) is 5.92 Å². The van der Waals surface area contributed by atoms with Crippen molar-refractivity contribution < 1.29 is 9.18 Å². The van der Waals surface area contributed by atoms with Crippen LogP contribution in [0.5, 0.6) is 0 Å². The number of carbonyl (C=O) groups is 1. The number of allylic oxidation sites excluding steroid dienone is 4. The molecule has 2 nitrogen and oxygen atoms in total. The quantitative estimate of drug-likeness (QED) is 0.757. The van der Waals surface area contributed by atoms with Crippen LogP contribution in [0.3, 0.4) is 0 Å². The van der Waals surface area contributed by atoms with Gasteiger partial charge in [-0.2, -0.15) is 0 Å². The Balaban J connectivity index is 1.63. The molecule has 2 aliphatic carbocycles. The van der Waals surface area contributed by atoms with Crippen molar-refractivity contribution in [2.45, 2.75) is 38.5 Å². The maximum Gasteiger partial charge on any atom is 0.228 e. The Morgan fingerprint density at radius 1 is 0.913 bits per heavy atom. The van der Waals surface area contributed by atoms with E-state index in [0.717, 1.165) is 38.5 Å². The van der Waals surface area contributed by atoms with Crippen molar-refractivity contribution in [2.75, 3.05) is 5.32 Å². The summed E-state index contributed by atoms with van der Waals surface area (Å²) in [6.45, 7) is 0. The lowest BCUT2D eigenvalue weighted by Gasteiger charge is -2.05. The fraction of sp³-hybridized carbons (Fsp3) is 0.450. The van der Waals surface area contributed by atoms with E-state index in [2.05, 4.69) is 29.6 Å². The van der Waals surface area contributed by atoms with Crippen molar-refractivity contribution in [3.63, 3.8) is 0 Å². The third-order valence-electron chi connectivity index (χ3n) is 4.93. The topological polar surface area (TPSA) is 29.1 Å². The number of anilines is 1. The van der Waals surface area contributed by atoms with Crippen LogP contribution in [-0.2, 0) is 4.79 Å². The van der Waals surface area contributed by atoms with Gasteiger partial charge in [-0.15, -0.1) is 0 Å². The predicted molar refractivity (Wildman–Crippen MR) is 91.5 cm³/mol. The van der Waals surface area contributed by atoms with Crippen LogP contribution < -0.4 is 5.32 Å². The molecule has 0 aliphatic heterocycles. The van der Waals surface area contributed by atoms with Gasteiger partial charge in [-0.05, 0) is 62.5 Å². The van der Waals surface area contributed by atoms with E-state index in [0.29, 0.717) is 17.5 Å². The van der Waals surface area contributed by atoms with Crippen molar-refractivity contribution in [1.29, 1.82) is 0 Å². The Hall–Kier alpha value is -1.90. The van der Waals surface area contributed by atoms with Crippen molar-refractivity contribution in [2.24, 2.45) is 17.8 Å². The molecule has 0 spiro atoms. The van der Waals surface area contributed by atoms with Gasteiger partial charge in [-0.3, -0.25) is 4.79 Å². The molecule has 3 heteroatoms. The molecule has 1 saturated carbocycles. The molecule has 0 heterocycles. The number of benzene rings is 1. The number of amides is 1. The van der Waals surface area contributed by atoms with Gasteiger partial charge in [-0.1, -0.05) is 36.4 Å². The van der Waals surface area contributed by atoms with Crippen molar-refractivity contribution >= 4 is 11.6 Å². The maximum absolute atomic E-state index is 13.7. The van der Waals surface area contributed by atoms with Gasteiger partial charge in [0.1, 0.15) is 5.82 Å². The molecule has 0 saturated heterocycles. The molecule has 0 bridgehead atoms. The summed E-state index contributed by atoms with van der Waals surface area (Å²) >= 11 is 0. The Kier molecular flexibility index (Phi) is 5.27. The normalized spacial score (nSPS) is 27.4. The fourth-order valence-electron chi connectivity index (χ4n) is 3.64. The molecule has 1 N–H and O–H groups in total. The predicted octanol–water partition coefficient (Wildman–Crippen LogP) is 5.09. The molecule has 1 fully saturated rings. The first-order valence-corrected chi connectivity index (χ1v) is 8.63. The Bertz CT molecular complexity index is 583. The highest BCUT2D eigenvalue weighted by atomic mass is 19.1. The molecule has 1 amide bonds. The van der Waals surface area contributed by atoms with Crippen LogP contribution in [0.25, 0.3) is 0 Å². The van der Waals surface area contributed by atoms with Crippen molar-refractivity contribution in [1.82, 2.24) is 0 Å². The van der Waals surface area contributed by atoms with E-state index in [-0.39, 0.29) is 17.6 Å². The molecule has 0 aromatic heterocycles. The zero-order chi connectivity index (χ0) is 16.1. The second-order valence-corrected chi connectivity index (χ2v) is 6.50. The van der Waals surface area contributed by atoms with E-state index < -0.39 is 0 Å². The molecule has 0 radical (unpaired) electrons. The highest BCUT2D eigenvalue weighted by Crippen LogP contribution is 2.52. The summed E-state index contributed by atoms with van der Waals surface area (Å²) in [5.74, 6) is 0.537. The van der Waals surface area contributed by atoms with Crippen LogP contribution in [-0.4, -0.2) is 5.91 Å². The first kappa shape index (κ1) is 16.0. The Morgan fingerprint density at radius 3 is 2.09 bits per heavy atom. The van der Waals surface area contributed by atoms with Gasteiger partial charge in [-0.25, -0.2) is 4.39 Å². The van der Waals surface area contributed by atoms with E-state index in [4.69, 9.17) is 0 Å². The highest BCUT2D eigenvalue weighted by molar-refractivity contribution is 5.95. The zero-order valence-electron chi connectivity index (χ0n) is 13.4. The van der Waals surface area contributed by atoms with Crippen LogP contribution in [0, 0.1) is 23.6 Å². The first-order valence-electron chi connectivity index (χ1n) is 8.63.